The number of aromatic nitrogens is 3. The predicted molar refractivity (Wildman–Crippen MR) is 94.9 cm³/mol. The van der Waals surface area contributed by atoms with E-state index in [2.05, 4.69) is 37.0 Å². The number of ether oxygens (including phenoxy) is 1. The minimum atomic E-state index is 0.538. The van der Waals surface area contributed by atoms with E-state index in [4.69, 9.17) is 10.00 Å². The third-order valence-corrected chi connectivity index (χ3v) is 4.15. The summed E-state index contributed by atoms with van der Waals surface area (Å²) in [6.45, 7) is 1.44. The number of nitriles is 1. The normalized spacial score (nSPS) is 11.0. The third-order valence-electron chi connectivity index (χ3n) is 3.54. The molecule has 122 valence electrons. The van der Waals surface area contributed by atoms with E-state index in [0.29, 0.717) is 18.1 Å². The van der Waals surface area contributed by atoms with E-state index in [1.165, 1.54) is 0 Å². The summed E-state index contributed by atoms with van der Waals surface area (Å²) in [6, 6.07) is 7.91. The smallest absolute Gasteiger partial charge is 0.213 e. The lowest BCUT2D eigenvalue weighted by atomic mass is 10.1. The molecule has 3 heterocycles. The number of pyridine rings is 2. The molecule has 0 saturated heterocycles. The first kappa shape index (κ1) is 16.4. The first-order valence-electron chi connectivity index (χ1n) is 7.39. The van der Waals surface area contributed by atoms with Gasteiger partial charge in [0.2, 0.25) is 5.88 Å². The van der Waals surface area contributed by atoms with Gasteiger partial charge in [-0.3, -0.25) is 0 Å². The molecule has 0 atom stereocenters. The van der Waals surface area contributed by atoms with Gasteiger partial charge in [0.25, 0.3) is 0 Å². The highest BCUT2D eigenvalue weighted by atomic mass is 79.9. The molecule has 0 N–H and O–H groups in total. The van der Waals surface area contributed by atoms with Crippen molar-refractivity contribution >= 4 is 21.4 Å². The number of likely N-dealkylation sites (N-methyl/N-ethyl adjacent to an activating group) is 1. The fourth-order valence-electron chi connectivity index (χ4n) is 2.28. The molecule has 0 amide bonds. The SMILES string of the molecule is CN(C)CCOc1ccc(-c2cc(Br)c3c(C#N)cnn3c2)cn1. The van der Waals surface area contributed by atoms with Gasteiger partial charge >= 0.3 is 0 Å². The van der Waals surface area contributed by atoms with Crippen molar-refractivity contribution in [2.75, 3.05) is 27.2 Å². The molecule has 0 aromatic carbocycles. The first-order valence-corrected chi connectivity index (χ1v) is 8.18. The van der Waals surface area contributed by atoms with Crippen LogP contribution in [0.2, 0.25) is 0 Å². The highest BCUT2D eigenvalue weighted by Crippen LogP contribution is 2.28. The molecule has 24 heavy (non-hydrogen) atoms. The Balaban J connectivity index is 1.84. The van der Waals surface area contributed by atoms with Gasteiger partial charge in [-0.2, -0.15) is 10.4 Å². The van der Waals surface area contributed by atoms with Crippen LogP contribution in [0.5, 0.6) is 5.88 Å². The van der Waals surface area contributed by atoms with Crippen LogP contribution in [-0.4, -0.2) is 46.7 Å². The second-order valence-electron chi connectivity index (χ2n) is 5.58. The molecule has 0 spiro atoms. The Kier molecular flexibility index (Phi) is 4.79. The summed E-state index contributed by atoms with van der Waals surface area (Å²) >= 11 is 3.52. The first-order chi connectivity index (χ1) is 11.6. The average molecular weight is 386 g/mol. The van der Waals surface area contributed by atoms with Gasteiger partial charge in [0.1, 0.15) is 12.7 Å². The highest BCUT2D eigenvalue weighted by molar-refractivity contribution is 9.10. The number of rotatable bonds is 5. The molecular formula is C17H16BrN5O. The third kappa shape index (κ3) is 3.40. The molecule has 0 saturated carbocycles. The van der Waals surface area contributed by atoms with Gasteiger partial charge in [0.15, 0.2) is 0 Å². The van der Waals surface area contributed by atoms with Crippen LogP contribution < -0.4 is 4.74 Å². The Bertz CT molecular complexity index is 896. The maximum atomic E-state index is 9.12. The molecule has 3 aromatic heterocycles. The van der Waals surface area contributed by atoms with Gasteiger partial charge in [0, 0.05) is 40.6 Å². The number of hydrogen-bond acceptors (Lipinski definition) is 5. The fourth-order valence-corrected chi connectivity index (χ4v) is 2.92. The molecule has 6 nitrogen and oxygen atoms in total. The van der Waals surface area contributed by atoms with Gasteiger partial charge in [0.05, 0.1) is 17.3 Å². The summed E-state index contributed by atoms with van der Waals surface area (Å²) in [7, 11) is 4.00. The molecule has 0 unspecified atom stereocenters. The van der Waals surface area contributed by atoms with Crippen LogP contribution in [-0.2, 0) is 0 Å². The van der Waals surface area contributed by atoms with Gasteiger partial charge in [-0.15, -0.1) is 0 Å². The number of nitrogens with zero attached hydrogens (tertiary/aromatic N) is 5. The van der Waals surface area contributed by atoms with Crippen molar-refractivity contribution < 1.29 is 4.74 Å². The number of hydrogen-bond donors (Lipinski definition) is 0. The number of fused-ring (bicyclic) bond motifs is 1. The minimum Gasteiger partial charge on any atom is -0.476 e. The maximum absolute atomic E-state index is 9.12. The van der Waals surface area contributed by atoms with E-state index in [9.17, 15) is 0 Å². The molecule has 3 rings (SSSR count). The molecule has 3 aromatic rings. The van der Waals surface area contributed by atoms with E-state index in [0.717, 1.165) is 27.7 Å². The van der Waals surface area contributed by atoms with Crippen LogP contribution in [0.25, 0.3) is 16.6 Å². The molecular weight excluding hydrogens is 370 g/mol. The standard InChI is InChI=1S/C17H16BrN5O/c1-22(2)5-6-24-16-4-3-12(9-20-16)13-7-15(18)17-14(8-19)10-21-23(17)11-13/h3-4,7,9-11H,5-6H2,1-2H3. The highest BCUT2D eigenvalue weighted by Gasteiger charge is 2.10. The largest absolute Gasteiger partial charge is 0.476 e. The lowest BCUT2D eigenvalue weighted by molar-refractivity contribution is 0.254. The summed E-state index contributed by atoms with van der Waals surface area (Å²) < 4.78 is 8.12. The summed E-state index contributed by atoms with van der Waals surface area (Å²) in [5, 5.41) is 13.3. The van der Waals surface area contributed by atoms with Crippen LogP contribution >= 0.6 is 15.9 Å². The Morgan fingerprint density at radius 2 is 2.12 bits per heavy atom. The van der Waals surface area contributed by atoms with Crippen LogP contribution in [0.4, 0.5) is 0 Å². The quantitative estimate of drug-likeness (QED) is 0.675. The molecule has 0 aliphatic heterocycles. The van der Waals surface area contributed by atoms with Crippen molar-refractivity contribution in [1.29, 1.82) is 5.26 Å². The van der Waals surface area contributed by atoms with Crippen molar-refractivity contribution in [2.24, 2.45) is 0 Å². The van der Waals surface area contributed by atoms with Crippen molar-refractivity contribution in [3.63, 3.8) is 0 Å². The summed E-state index contributed by atoms with van der Waals surface area (Å²) in [5.74, 6) is 0.603. The molecule has 0 radical (unpaired) electrons. The van der Waals surface area contributed by atoms with Gasteiger partial charge < -0.3 is 9.64 Å². The summed E-state index contributed by atoms with van der Waals surface area (Å²) in [4.78, 5) is 6.40. The Morgan fingerprint density at radius 1 is 1.29 bits per heavy atom. The van der Waals surface area contributed by atoms with E-state index < -0.39 is 0 Å². The lowest BCUT2D eigenvalue weighted by Gasteiger charge is -2.10. The maximum Gasteiger partial charge on any atom is 0.213 e. The Hall–Kier alpha value is -2.43. The van der Waals surface area contributed by atoms with Crippen molar-refractivity contribution in [3.05, 3.63) is 46.8 Å². The molecule has 0 aliphatic rings. The van der Waals surface area contributed by atoms with Crippen molar-refractivity contribution in [2.45, 2.75) is 0 Å². The Labute approximate surface area is 148 Å². The van der Waals surface area contributed by atoms with E-state index in [1.807, 2.05) is 38.5 Å². The summed E-state index contributed by atoms with van der Waals surface area (Å²) in [5.41, 5.74) is 3.20. The van der Waals surface area contributed by atoms with Gasteiger partial charge in [-0.1, -0.05) is 0 Å². The monoisotopic (exact) mass is 385 g/mol. The second-order valence-corrected chi connectivity index (χ2v) is 6.43. The fraction of sp³-hybridized carbons (Fsp3) is 0.235. The molecule has 0 fully saturated rings. The zero-order valence-electron chi connectivity index (χ0n) is 13.4. The topological polar surface area (TPSA) is 66.5 Å². The average Bonchev–Trinajstić information content (AvgIpc) is 2.99. The zero-order valence-corrected chi connectivity index (χ0v) is 15.0. The van der Waals surface area contributed by atoms with Crippen LogP contribution in [0, 0.1) is 11.3 Å². The molecule has 0 bridgehead atoms. The van der Waals surface area contributed by atoms with E-state index in [-0.39, 0.29) is 0 Å². The van der Waals surface area contributed by atoms with Crippen LogP contribution in [0.15, 0.2) is 41.3 Å². The van der Waals surface area contributed by atoms with Gasteiger partial charge in [-0.05, 0) is 42.2 Å². The van der Waals surface area contributed by atoms with E-state index in [1.54, 1.807) is 16.9 Å². The van der Waals surface area contributed by atoms with Crippen LogP contribution in [0.3, 0.4) is 0 Å². The molecule has 0 aliphatic carbocycles. The van der Waals surface area contributed by atoms with Crippen molar-refractivity contribution in [1.82, 2.24) is 19.5 Å². The molecule has 7 heteroatoms. The second kappa shape index (κ2) is 6.99. The summed E-state index contributed by atoms with van der Waals surface area (Å²) in [6.07, 6.45) is 5.21. The Morgan fingerprint density at radius 3 is 2.79 bits per heavy atom. The van der Waals surface area contributed by atoms with Crippen molar-refractivity contribution in [3.8, 4) is 23.1 Å². The van der Waals surface area contributed by atoms with Crippen LogP contribution in [0.1, 0.15) is 5.56 Å². The van der Waals surface area contributed by atoms with Gasteiger partial charge in [-0.25, -0.2) is 9.50 Å². The van der Waals surface area contributed by atoms with E-state index >= 15 is 0 Å². The zero-order chi connectivity index (χ0) is 17.1. The predicted octanol–water partition coefficient (Wildman–Crippen LogP) is 2.97. The number of halogens is 1. The minimum absolute atomic E-state index is 0.538. The lowest BCUT2D eigenvalue weighted by Crippen LogP contribution is -2.19.